The lowest BCUT2D eigenvalue weighted by Gasteiger charge is -2.42. The number of hydrogen-bond donors (Lipinski definition) is 0. The Morgan fingerprint density at radius 2 is 2.00 bits per heavy atom. The molecule has 98 valence electrons. The van der Waals surface area contributed by atoms with E-state index in [2.05, 4.69) is 31.2 Å². The van der Waals surface area contributed by atoms with Crippen molar-refractivity contribution in [3.05, 3.63) is 35.4 Å². The predicted molar refractivity (Wildman–Crippen MR) is 69.6 cm³/mol. The fourth-order valence-electron chi connectivity index (χ4n) is 2.34. The third-order valence-electron chi connectivity index (χ3n) is 3.77. The van der Waals surface area contributed by atoms with E-state index in [-0.39, 0.29) is 11.4 Å². The number of hydrogen-bond acceptors (Lipinski definition) is 3. The number of esters is 1. The van der Waals surface area contributed by atoms with Crippen LogP contribution in [0.3, 0.4) is 0 Å². The molecule has 0 radical (unpaired) electrons. The molecule has 1 fully saturated rings. The van der Waals surface area contributed by atoms with Gasteiger partial charge in [-0.15, -0.1) is 0 Å². The highest BCUT2D eigenvalue weighted by atomic mass is 16.5. The summed E-state index contributed by atoms with van der Waals surface area (Å²) in [5.41, 5.74) is 2.62. The van der Waals surface area contributed by atoms with Crippen LogP contribution >= 0.6 is 0 Å². The standard InChI is InChI=1S/C15H20O3/c1-3-12-4-6-13(7-5-12)15(10-18-11-15)9-8-14(16)17-2/h4-7H,3,8-11H2,1-2H3. The number of aryl methyl sites for hydroxylation is 1. The minimum atomic E-state index is -0.147. The smallest absolute Gasteiger partial charge is 0.305 e. The molecule has 1 aromatic rings. The van der Waals surface area contributed by atoms with Crippen molar-refractivity contribution >= 4 is 5.97 Å². The lowest BCUT2D eigenvalue weighted by atomic mass is 9.75. The third kappa shape index (κ3) is 2.56. The summed E-state index contributed by atoms with van der Waals surface area (Å²) in [4.78, 5) is 11.3. The molecule has 0 bridgehead atoms. The van der Waals surface area contributed by atoms with E-state index in [0.717, 1.165) is 12.8 Å². The molecule has 1 heterocycles. The van der Waals surface area contributed by atoms with Crippen LogP contribution in [-0.4, -0.2) is 26.3 Å². The van der Waals surface area contributed by atoms with Crippen LogP contribution in [0.4, 0.5) is 0 Å². The molecule has 18 heavy (non-hydrogen) atoms. The van der Waals surface area contributed by atoms with Crippen LogP contribution in [0.25, 0.3) is 0 Å². The maximum absolute atomic E-state index is 11.3. The zero-order valence-electron chi connectivity index (χ0n) is 11.1. The monoisotopic (exact) mass is 248 g/mol. The fraction of sp³-hybridized carbons (Fsp3) is 0.533. The van der Waals surface area contributed by atoms with Crippen molar-refractivity contribution in [1.82, 2.24) is 0 Å². The number of methoxy groups -OCH3 is 1. The van der Waals surface area contributed by atoms with Gasteiger partial charge in [-0.25, -0.2) is 0 Å². The van der Waals surface area contributed by atoms with Crippen molar-refractivity contribution in [1.29, 1.82) is 0 Å². The molecule has 0 saturated carbocycles. The van der Waals surface area contributed by atoms with Gasteiger partial charge in [0.1, 0.15) is 0 Å². The van der Waals surface area contributed by atoms with Crippen molar-refractivity contribution in [2.75, 3.05) is 20.3 Å². The summed E-state index contributed by atoms with van der Waals surface area (Å²) in [6.45, 7) is 3.55. The van der Waals surface area contributed by atoms with E-state index in [1.54, 1.807) is 0 Å². The summed E-state index contributed by atoms with van der Waals surface area (Å²) in [5.74, 6) is -0.147. The van der Waals surface area contributed by atoms with Gasteiger partial charge < -0.3 is 9.47 Å². The Morgan fingerprint density at radius 3 is 2.44 bits per heavy atom. The molecule has 3 nitrogen and oxygen atoms in total. The molecule has 0 aromatic heterocycles. The van der Waals surface area contributed by atoms with Gasteiger partial charge in [-0.3, -0.25) is 4.79 Å². The van der Waals surface area contributed by atoms with E-state index in [0.29, 0.717) is 19.6 Å². The number of carbonyl (C=O) groups excluding carboxylic acids is 1. The Bertz CT molecular complexity index is 404. The van der Waals surface area contributed by atoms with Gasteiger partial charge in [0.25, 0.3) is 0 Å². The number of carbonyl (C=O) groups is 1. The second kappa shape index (κ2) is 5.53. The first kappa shape index (κ1) is 13.1. The average Bonchev–Trinajstić information content (AvgIpc) is 2.38. The van der Waals surface area contributed by atoms with Gasteiger partial charge in [-0.2, -0.15) is 0 Å². The van der Waals surface area contributed by atoms with Gasteiger partial charge in [0.2, 0.25) is 0 Å². The average molecular weight is 248 g/mol. The lowest BCUT2D eigenvalue weighted by Crippen LogP contribution is -2.47. The van der Waals surface area contributed by atoms with E-state index in [9.17, 15) is 4.79 Å². The van der Waals surface area contributed by atoms with Crippen LogP contribution in [0.2, 0.25) is 0 Å². The van der Waals surface area contributed by atoms with E-state index in [1.165, 1.54) is 18.2 Å². The van der Waals surface area contributed by atoms with E-state index >= 15 is 0 Å². The molecule has 1 aromatic carbocycles. The number of benzene rings is 1. The van der Waals surface area contributed by atoms with Crippen molar-refractivity contribution in [2.45, 2.75) is 31.6 Å². The second-order valence-corrected chi connectivity index (χ2v) is 4.90. The maximum atomic E-state index is 11.3. The molecule has 3 heteroatoms. The molecular formula is C15H20O3. The largest absolute Gasteiger partial charge is 0.469 e. The van der Waals surface area contributed by atoms with Crippen molar-refractivity contribution < 1.29 is 14.3 Å². The topological polar surface area (TPSA) is 35.5 Å². The first-order valence-corrected chi connectivity index (χ1v) is 6.44. The number of ether oxygens (including phenoxy) is 2. The third-order valence-corrected chi connectivity index (χ3v) is 3.77. The SMILES string of the molecule is CCc1ccc(C2(CCC(=O)OC)COC2)cc1. The van der Waals surface area contributed by atoms with Crippen LogP contribution in [0.5, 0.6) is 0 Å². The van der Waals surface area contributed by atoms with Crippen molar-refractivity contribution in [3.63, 3.8) is 0 Å². The molecule has 2 rings (SSSR count). The first-order valence-electron chi connectivity index (χ1n) is 6.44. The molecule has 0 amide bonds. The molecular weight excluding hydrogens is 228 g/mol. The Morgan fingerprint density at radius 1 is 1.33 bits per heavy atom. The zero-order valence-corrected chi connectivity index (χ0v) is 11.1. The Kier molecular flexibility index (Phi) is 4.02. The van der Waals surface area contributed by atoms with Crippen LogP contribution in [-0.2, 0) is 26.1 Å². The summed E-state index contributed by atoms with van der Waals surface area (Å²) < 4.78 is 10.1. The molecule has 0 spiro atoms. The zero-order chi connectivity index (χ0) is 13.0. The van der Waals surface area contributed by atoms with Crippen molar-refractivity contribution in [2.24, 2.45) is 0 Å². The summed E-state index contributed by atoms with van der Waals surface area (Å²) in [5, 5.41) is 0. The summed E-state index contributed by atoms with van der Waals surface area (Å²) >= 11 is 0. The molecule has 1 aliphatic rings. The summed E-state index contributed by atoms with van der Waals surface area (Å²) in [7, 11) is 1.43. The lowest BCUT2D eigenvalue weighted by molar-refractivity contribution is -0.142. The highest BCUT2D eigenvalue weighted by molar-refractivity contribution is 5.69. The molecule has 0 N–H and O–H groups in total. The highest BCUT2D eigenvalue weighted by Crippen LogP contribution is 2.37. The van der Waals surface area contributed by atoms with Gasteiger partial charge in [-0.1, -0.05) is 31.2 Å². The first-order chi connectivity index (χ1) is 8.70. The second-order valence-electron chi connectivity index (χ2n) is 4.90. The predicted octanol–water partition coefficient (Wildman–Crippen LogP) is 2.47. The van der Waals surface area contributed by atoms with E-state index in [4.69, 9.17) is 9.47 Å². The van der Waals surface area contributed by atoms with Crippen LogP contribution in [0, 0.1) is 0 Å². The molecule has 0 aliphatic carbocycles. The van der Waals surface area contributed by atoms with Crippen LogP contribution < -0.4 is 0 Å². The van der Waals surface area contributed by atoms with E-state index in [1.807, 2.05) is 0 Å². The minimum Gasteiger partial charge on any atom is -0.469 e. The van der Waals surface area contributed by atoms with Crippen LogP contribution in [0.1, 0.15) is 30.9 Å². The van der Waals surface area contributed by atoms with Gasteiger partial charge in [-0.05, 0) is 24.0 Å². The quantitative estimate of drug-likeness (QED) is 0.751. The Hall–Kier alpha value is -1.35. The molecule has 0 unspecified atom stereocenters. The summed E-state index contributed by atoms with van der Waals surface area (Å²) in [6, 6.07) is 8.65. The molecule has 1 saturated heterocycles. The van der Waals surface area contributed by atoms with E-state index < -0.39 is 0 Å². The summed E-state index contributed by atoms with van der Waals surface area (Å²) in [6.07, 6.45) is 2.30. The number of rotatable bonds is 5. The highest BCUT2D eigenvalue weighted by Gasteiger charge is 2.40. The van der Waals surface area contributed by atoms with Gasteiger partial charge in [0.05, 0.1) is 20.3 Å². The Balaban J connectivity index is 2.08. The molecule has 1 aliphatic heterocycles. The fourth-order valence-corrected chi connectivity index (χ4v) is 2.34. The Labute approximate surface area is 108 Å². The minimum absolute atomic E-state index is 0.0143. The molecule has 0 atom stereocenters. The van der Waals surface area contributed by atoms with Crippen molar-refractivity contribution in [3.8, 4) is 0 Å². The maximum Gasteiger partial charge on any atom is 0.305 e. The normalized spacial score (nSPS) is 17.0. The van der Waals surface area contributed by atoms with Crippen LogP contribution in [0.15, 0.2) is 24.3 Å². The van der Waals surface area contributed by atoms with Gasteiger partial charge >= 0.3 is 5.97 Å². The van der Waals surface area contributed by atoms with Gasteiger partial charge in [0, 0.05) is 11.8 Å². The van der Waals surface area contributed by atoms with Gasteiger partial charge in [0.15, 0.2) is 0 Å².